The molecule has 0 amide bonds. The van der Waals surface area contributed by atoms with Gasteiger partial charge in [0.05, 0.1) is 11.3 Å². The van der Waals surface area contributed by atoms with E-state index >= 15 is 0 Å². The van der Waals surface area contributed by atoms with Crippen molar-refractivity contribution in [2.45, 2.75) is 58.8 Å². The van der Waals surface area contributed by atoms with Gasteiger partial charge in [-0.1, -0.05) is 49.6 Å². The van der Waals surface area contributed by atoms with Crippen LogP contribution in [0.4, 0.5) is 5.69 Å². The van der Waals surface area contributed by atoms with E-state index in [0.29, 0.717) is 12.0 Å². The molecule has 0 fully saturated rings. The number of carbonyl (C=O) groups is 1. The third-order valence-corrected chi connectivity index (χ3v) is 5.33. The Morgan fingerprint density at radius 1 is 0.857 bits per heavy atom. The maximum atomic E-state index is 11.6. The average molecular weight is 384 g/mol. The molecular weight excluding hydrogens is 350 g/mol. The zero-order valence-electron chi connectivity index (χ0n) is 17.2. The van der Waals surface area contributed by atoms with Gasteiger partial charge in [0.15, 0.2) is 0 Å². The number of aryl methyl sites for hydroxylation is 1. The van der Waals surface area contributed by atoms with E-state index in [-0.39, 0.29) is 11.3 Å². The molecule has 0 radical (unpaired) electrons. The molecule has 2 aromatic rings. The summed E-state index contributed by atoms with van der Waals surface area (Å²) in [4.78, 5) is 13.6. The minimum Gasteiger partial charge on any atom is -0.505 e. The zero-order chi connectivity index (χ0) is 20.4. The summed E-state index contributed by atoms with van der Waals surface area (Å²) < 4.78 is 0. The number of phenols is 1. The first kappa shape index (κ1) is 21.8. The summed E-state index contributed by atoms with van der Waals surface area (Å²) >= 11 is 0. The van der Waals surface area contributed by atoms with Gasteiger partial charge in [0.2, 0.25) is 0 Å². The summed E-state index contributed by atoms with van der Waals surface area (Å²) in [5.74, 6) is -0.841. The van der Waals surface area contributed by atoms with Crippen LogP contribution in [0.5, 0.6) is 5.75 Å². The van der Waals surface area contributed by atoms with Crippen LogP contribution in [0.1, 0.15) is 67.4 Å². The van der Waals surface area contributed by atoms with E-state index in [9.17, 15) is 15.0 Å². The monoisotopic (exact) mass is 383 g/mol. The summed E-state index contributed by atoms with van der Waals surface area (Å²) in [5, 5.41) is 20.2. The number of phenolic OH excluding ortho intramolecular Hbond substituents is 1. The zero-order valence-corrected chi connectivity index (χ0v) is 17.2. The summed E-state index contributed by atoms with van der Waals surface area (Å²) in [6, 6.07) is 13.9. The molecule has 0 saturated heterocycles. The molecule has 0 aliphatic carbocycles. The lowest BCUT2D eigenvalue weighted by Gasteiger charge is -2.24. The molecule has 2 N–H and O–H groups in total. The molecule has 0 spiro atoms. The Hall–Kier alpha value is -2.49. The maximum absolute atomic E-state index is 11.6. The topological polar surface area (TPSA) is 60.8 Å². The molecule has 0 heterocycles. The molecule has 0 aliphatic rings. The minimum absolute atomic E-state index is 0.132. The first-order chi connectivity index (χ1) is 13.6. The van der Waals surface area contributed by atoms with Gasteiger partial charge in [-0.2, -0.15) is 0 Å². The van der Waals surface area contributed by atoms with Gasteiger partial charge in [-0.3, -0.25) is 0 Å². The number of anilines is 1. The van der Waals surface area contributed by atoms with E-state index in [4.69, 9.17) is 0 Å². The van der Waals surface area contributed by atoms with Crippen LogP contribution in [0.3, 0.4) is 0 Å². The van der Waals surface area contributed by atoms with E-state index in [2.05, 4.69) is 24.3 Å². The van der Waals surface area contributed by atoms with Crippen LogP contribution in [0.25, 0.3) is 0 Å². The Kier molecular flexibility index (Phi) is 8.86. The number of aromatic hydroxyl groups is 1. The first-order valence-electron chi connectivity index (χ1n) is 10.5. The van der Waals surface area contributed by atoms with Gasteiger partial charge in [-0.15, -0.1) is 0 Å². The van der Waals surface area contributed by atoms with Gasteiger partial charge < -0.3 is 15.1 Å². The van der Waals surface area contributed by atoms with Gasteiger partial charge in [0.25, 0.3) is 0 Å². The smallest absolute Gasteiger partial charge is 0.336 e. The number of carboxylic acids is 1. The van der Waals surface area contributed by atoms with Crippen LogP contribution in [-0.2, 0) is 12.8 Å². The largest absolute Gasteiger partial charge is 0.505 e. The summed E-state index contributed by atoms with van der Waals surface area (Å²) in [5.41, 5.74) is 2.90. The van der Waals surface area contributed by atoms with Gasteiger partial charge in [0, 0.05) is 18.7 Å². The molecule has 4 heteroatoms. The number of nitrogens with zero attached hydrogens (tertiary/aromatic N) is 1. The van der Waals surface area contributed by atoms with Crippen LogP contribution in [0, 0.1) is 0 Å². The Morgan fingerprint density at radius 2 is 1.46 bits per heavy atom. The molecule has 0 bridgehead atoms. The highest BCUT2D eigenvalue weighted by Gasteiger charge is 2.19. The van der Waals surface area contributed by atoms with Crippen molar-refractivity contribution in [1.29, 1.82) is 0 Å². The highest BCUT2D eigenvalue weighted by molar-refractivity contribution is 5.91. The number of rotatable bonds is 12. The SMILES string of the molecule is CCN(CC)c1ccc(C(=O)O)c(CCCCCCCc2ccccc2)c1O. The number of hydrogen-bond donors (Lipinski definition) is 2. The second kappa shape index (κ2) is 11.4. The first-order valence-corrected chi connectivity index (χ1v) is 10.5. The lowest BCUT2D eigenvalue weighted by Crippen LogP contribution is -2.22. The van der Waals surface area contributed by atoms with E-state index in [1.807, 2.05) is 24.8 Å². The molecule has 0 aliphatic heterocycles. The highest BCUT2D eigenvalue weighted by Crippen LogP contribution is 2.34. The quantitative estimate of drug-likeness (QED) is 0.463. The molecule has 0 atom stereocenters. The molecule has 152 valence electrons. The van der Waals surface area contributed by atoms with Crippen molar-refractivity contribution in [2.75, 3.05) is 18.0 Å². The summed E-state index contributed by atoms with van der Waals surface area (Å²) in [6.07, 6.45) is 7.12. The Balaban J connectivity index is 1.87. The minimum atomic E-state index is -0.973. The normalized spacial score (nSPS) is 10.8. The van der Waals surface area contributed by atoms with Crippen LogP contribution >= 0.6 is 0 Å². The maximum Gasteiger partial charge on any atom is 0.336 e. The lowest BCUT2D eigenvalue weighted by atomic mass is 9.97. The number of carboxylic acid groups (broad SMARTS) is 1. The van der Waals surface area contributed by atoms with Crippen LogP contribution in [0.2, 0.25) is 0 Å². The van der Waals surface area contributed by atoms with Gasteiger partial charge >= 0.3 is 5.97 Å². The number of benzene rings is 2. The summed E-state index contributed by atoms with van der Waals surface area (Å²) in [6.45, 7) is 5.61. The number of unbranched alkanes of at least 4 members (excludes halogenated alkanes) is 4. The highest BCUT2D eigenvalue weighted by atomic mass is 16.4. The molecule has 4 nitrogen and oxygen atoms in total. The second-order valence-electron chi connectivity index (χ2n) is 7.19. The molecule has 0 unspecified atom stereocenters. The van der Waals surface area contributed by atoms with E-state index in [1.54, 1.807) is 12.1 Å². The molecule has 2 aromatic carbocycles. The standard InChI is InChI=1S/C24H33NO3/c1-3-25(4-2)22-18-17-21(24(27)28)20(23(22)26)16-12-7-5-6-9-13-19-14-10-8-11-15-19/h8,10-11,14-15,17-18,26H,3-7,9,12-13,16H2,1-2H3,(H,27,28). The van der Waals surface area contributed by atoms with Crippen LogP contribution in [0.15, 0.2) is 42.5 Å². The fourth-order valence-electron chi connectivity index (χ4n) is 3.70. The molecule has 28 heavy (non-hydrogen) atoms. The van der Waals surface area contributed by atoms with E-state index in [1.165, 1.54) is 18.4 Å². The van der Waals surface area contributed by atoms with E-state index < -0.39 is 5.97 Å². The fraction of sp³-hybridized carbons (Fsp3) is 0.458. The van der Waals surface area contributed by atoms with Crippen molar-refractivity contribution in [2.24, 2.45) is 0 Å². The van der Waals surface area contributed by atoms with Gasteiger partial charge in [0.1, 0.15) is 5.75 Å². The van der Waals surface area contributed by atoms with E-state index in [0.717, 1.165) is 44.5 Å². The third kappa shape index (κ3) is 6.01. The van der Waals surface area contributed by atoms with Crippen molar-refractivity contribution in [1.82, 2.24) is 0 Å². The van der Waals surface area contributed by atoms with Crippen molar-refractivity contribution in [3.05, 3.63) is 59.2 Å². The van der Waals surface area contributed by atoms with Crippen LogP contribution in [-0.4, -0.2) is 29.3 Å². The lowest BCUT2D eigenvalue weighted by molar-refractivity contribution is 0.0695. The van der Waals surface area contributed by atoms with Crippen molar-refractivity contribution < 1.29 is 15.0 Å². The Labute approximate surface area is 168 Å². The fourth-order valence-corrected chi connectivity index (χ4v) is 3.70. The predicted octanol–water partition coefficient (Wildman–Crippen LogP) is 5.67. The molecular formula is C24H33NO3. The second-order valence-corrected chi connectivity index (χ2v) is 7.19. The molecule has 2 rings (SSSR count). The van der Waals surface area contributed by atoms with Crippen molar-refractivity contribution in [3.8, 4) is 5.75 Å². The number of hydrogen-bond acceptors (Lipinski definition) is 3. The predicted molar refractivity (Wildman–Crippen MR) is 116 cm³/mol. The van der Waals surface area contributed by atoms with Crippen molar-refractivity contribution >= 4 is 11.7 Å². The third-order valence-electron chi connectivity index (χ3n) is 5.33. The molecule has 0 aromatic heterocycles. The van der Waals surface area contributed by atoms with Crippen LogP contribution < -0.4 is 4.90 Å². The van der Waals surface area contributed by atoms with Crippen molar-refractivity contribution in [3.63, 3.8) is 0 Å². The van der Waals surface area contributed by atoms with Gasteiger partial charge in [-0.05, 0) is 57.2 Å². The Bertz CT molecular complexity index is 739. The molecule has 0 saturated carbocycles. The average Bonchev–Trinajstić information content (AvgIpc) is 2.70. The van der Waals surface area contributed by atoms with Gasteiger partial charge in [-0.25, -0.2) is 4.79 Å². The summed E-state index contributed by atoms with van der Waals surface area (Å²) in [7, 11) is 0. The Morgan fingerprint density at radius 3 is 2.07 bits per heavy atom. The number of aromatic carboxylic acids is 1.